The van der Waals surface area contributed by atoms with Gasteiger partial charge in [0, 0.05) is 31.1 Å². The fourth-order valence-electron chi connectivity index (χ4n) is 3.71. The standard InChI is InChI=1S/C18H29N5O2/c1-12(13-3-4-13)19-17(24)11-23-8-7-15(9-23)22(2)10-16-20-18(25-21-16)14-5-6-14/h12-15H,3-11H2,1-2H3,(H,19,24)/t12-,15+/m0/s1. The largest absolute Gasteiger partial charge is 0.352 e. The van der Waals surface area contributed by atoms with Crippen LogP contribution in [0.2, 0.25) is 0 Å². The first-order valence-corrected chi connectivity index (χ1v) is 9.63. The van der Waals surface area contributed by atoms with Crippen LogP contribution in [0.3, 0.4) is 0 Å². The summed E-state index contributed by atoms with van der Waals surface area (Å²) in [4.78, 5) is 21.2. The topological polar surface area (TPSA) is 74.5 Å². The molecular weight excluding hydrogens is 318 g/mol. The summed E-state index contributed by atoms with van der Waals surface area (Å²) in [5, 5.41) is 7.25. The smallest absolute Gasteiger partial charge is 0.234 e. The molecule has 3 aliphatic rings. The Balaban J connectivity index is 1.21. The number of nitrogens with one attached hydrogen (secondary N) is 1. The average Bonchev–Trinajstić information content (AvgIpc) is 3.50. The number of hydrogen-bond acceptors (Lipinski definition) is 6. The Hall–Kier alpha value is -1.47. The molecular formula is C18H29N5O2. The van der Waals surface area contributed by atoms with E-state index in [2.05, 4.69) is 39.2 Å². The highest BCUT2D eigenvalue weighted by molar-refractivity contribution is 5.78. The number of rotatable bonds is 8. The van der Waals surface area contributed by atoms with E-state index in [1.165, 1.54) is 25.7 Å². The first-order chi connectivity index (χ1) is 12.1. The molecule has 0 unspecified atom stereocenters. The summed E-state index contributed by atoms with van der Waals surface area (Å²) in [7, 11) is 2.11. The van der Waals surface area contributed by atoms with Gasteiger partial charge in [-0.2, -0.15) is 4.98 Å². The van der Waals surface area contributed by atoms with Gasteiger partial charge in [0.05, 0.1) is 13.1 Å². The number of hydrogen-bond donors (Lipinski definition) is 1. The number of carbonyl (C=O) groups excluding carboxylic acids is 1. The third kappa shape index (κ3) is 4.39. The molecule has 1 aliphatic heterocycles. The van der Waals surface area contributed by atoms with Crippen LogP contribution >= 0.6 is 0 Å². The van der Waals surface area contributed by atoms with Crippen molar-refractivity contribution in [3.63, 3.8) is 0 Å². The van der Waals surface area contributed by atoms with Gasteiger partial charge < -0.3 is 9.84 Å². The highest BCUT2D eigenvalue weighted by Gasteiger charge is 2.32. The average molecular weight is 347 g/mol. The van der Waals surface area contributed by atoms with Gasteiger partial charge in [-0.1, -0.05) is 5.16 Å². The zero-order chi connectivity index (χ0) is 17.4. The number of carbonyl (C=O) groups is 1. The Morgan fingerprint density at radius 2 is 2.16 bits per heavy atom. The Morgan fingerprint density at radius 1 is 1.36 bits per heavy atom. The Bertz CT molecular complexity index is 610. The molecule has 1 aromatic heterocycles. The van der Waals surface area contributed by atoms with E-state index in [9.17, 15) is 4.79 Å². The lowest BCUT2D eigenvalue weighted by Gasteiger charge is -2.23. The minimum atomic E-state index is 0.162. The molecule has 2 heterocycles. The lowest BCUT2D eigenvalue weighted by Crippen LogP contribution is -2.42. The summed E-state index contributed by atoms with van der Waals surface area (Å²) >= 11 is 0. The van der Waals surface area contributed by atoms with Gasteiger partial charge in [-0.05, 0) is 52.0 Å². The molecule has 2 saturated carbocycles. The maximum Gasteiger partial charge on any atom is 0.234 e. The Kier molecular flexibility index (Phi) is 4.78. The second kappa shape index (κ2) is 7.03. The third-order valence-corrected chi connectivity index (χ3v) is 5.76. The molecule has 1 N–H and O–H groups in total. The minimum Gasteiger partial charge on any atom is -0.352 e. The zero-order valence-electron chi connectivity index (χ0n) is 15.3. The number of nitrogens with zero attached hydrogens (tertiary/aromatic N) is 4. The first-order valence-electron chi connectivity index (χ1n) is 9.63. The van der Waals surface area contributed by atoms with Crippen molar-refractivity contribution in [2.75, 3.05) is 26.7 Å². The van der Waals surface area contributed by atoms with Crippen molar-refractivity contribution in [1.29, 1.82) is 0 Å². The second-order valence-corrected chi connectivity index (χ2v) is 8.11. The fourth-order valence-corrected chi connectivity index (χ4v) is 3.71. The van der Waals surface area contributed by atoms with Crippen LogP contribution in [0.25, 0.3) is 0 Å². The molecule has 7 heteroatoms. The van der Waals surface area contributed by atoms with Crippen LogP contribution in [-0.2, 0) is 11.3 Å². The molecule has 1 amide bonds. The number of aromatic nitrogens is 2. The molecule has 2 aliphatic carbocycles. The molecule has 1 saturated heterocycles. The molecule has 0 radical (unpaired) electrons. The number of amides is 1. The van der Waals surface area contributed by atoms with E-state index in [1.54, 1.807) is 0 Å². The predicted molar refractivity (Wildman–Crippen MR) is 92.9 cm³/mol. The van der Waals surface area contributed by atoms with Gasteiger partial charge in [-0.3, -0.25) is 14.6 Å². The van der Waals surface area contributed by atoms with Crippen molar-refractivity contribution in [3.8, 4) is 0 Å². The van der Waals surface area contributed by atoms with Gasteiger partial charge in [0.25, 0.3) is 0 Å². The molecule has 138 valence electrons. The first kappa shape index (κ1) is 17.0. The normalized spacial score (nSPS) is 25.5. The molecule has 2 atom stereocenters. The summed E-state index contributed by atoms with van der Waals surface area (Å²) in [6, 6.07) is 0.768. The fraction of sp³-hybridized carbons (Fsp3) is 0.833. The van der Waals surface area contributed by atoms with Crippen molar-refractivity contribution in [3.05, 3.63) is 11.7 Å². The highest BCUT2D eigenvalue weighted by Crippen LogP contribution is 2.38. The Morgan fingerprint density at radius 3 is 2.88 bits per heavy atom. The molecule has 7 nitrogen and oxygen atoms in total. The highest BCUT2D eigenvalue weighted by atomic mass is 16.5. The summed E-state index contributed by atoms with van der Waals surface area (Å²) in [6.45, 7) is 5.24. The van der Waals surface area contributed by atoms with Gasteiger partial charge in [-0.15, -0.1) is 0 Å². The monoisotopic (exact) mass is 347 g/mol. The zero-order valence-corrected chi connectivity index (χ0v) is 15.3. The summed E-state index contributed by atoms with van der Waals surface area (Å²) in [5.74, 6) is 2.95. The van der Waals surface area contributed by atoms with Crippen LogP contribution < -0.4 is 5.32 Å². The summed E-state index contributed by atoms with van der Waals surface area (Å²) in [5.41, 5.74) is 0. The molecule has 25 heavy (non-hydrogen) atoms. The van der Waals surface area contributed by atoms with Crippen LogP contribution in [0.5, 0.6) is 0 Å². The SMILES string of the molecule is C[C@H](NC(=O)CN1CC[C@@H](N(C)Cc2noc(C3CC3)n2)C1)C1CC1. The van der Waals surface area contributed by atoms with Gasteiger partial charge in [-0.25, -0.2) is 0 Å². The van der Waals surface area contributed by atoms with Crippen molar-refractivity contribution < 1.29 is 9.32 Å². The van der Waals surface area contributed by atoms with Gasteiger partial charge in [0.15, 0.2) is 5.82 Å². The summed E-state index contributed by atoms with van der Waals surface area (Å²) in [6.07, 6.45) is 5.95. The molecule has 0 bridgehead atoms. The second-order valence-electron chi connectivity index (χ2n) is 8.11. The van der Waals surface area contributed by atoms with Crippen LogP contribution in [0, 0.1) is 5.92 Å². The number of likely N-dealkylation sites (tertiary alicyclic amines) is 1. The quantitative estimate of drug-likeness (QED) is 0.765. The van der Waals surface area contributed by atoms with E-state index >= 15 is 0 Å². The van der Waals surface area contributed by atoms with E-state index in [0.29, 0.717) is 37.0 Å². The van der Waals surface area contributed by atoms with Crippen molar-refractivity contribution in [1.82, 2.24) is 25.3 Å². The van der Waals surface area contributed by atoms with Crippen molar-refractivity contribution in [2.24, 2.45) is 5.92 Å². The summed E-state index contributed by atoms with van der Waals surface area (Å²) < 4.78 is 5.34. The van der Waals surface area contributed by atoms with Gasteiger partial charge >= 0.3 is 0 Å². The number of likely N-dealkylation sites (N-methyl/N-ethyl adjacent to an activating group) is 1. The molecule has 0 aromatic carbocycles. The maximum atomic E-state index is 12.2. The van der Waals surface area contributed by atoms with Crippen LogP contribution in [0.1, 0.15) is 56.7 Å². The lowest BCUT2D eigenvalue weighted by molar-refractivity contribution is -0.122. The van der Waals surface area contributed by atoms with Gasteiger partial charge in [0.2, 0.25) is 11.8 Å². The molecule has 1 aromatic rings. The van der Waals surface area contributed by atoms with Gasteiger partial charge in [0.1, 0.15) is 0 Å². The predicted octanol–water partition coefficient (Wildman–Crippen LogP) is 1.37. The molecule has 4 rings (SSSR count). The van der Waals surface area contributed by atoms with Crippen molar-refractivity contribution >= 4 is 5.91 Å². The third-order valence-electron chi connectivity index (χ3n) is 5.76. The molecule has 3 fully saturated rings. The lowest BCUT2D eigenvalue weighted by atomic mass is 10.2. The minimum absolute atomic E-state index is 0.162. The van der Waals surface area contributed by atoms with Crippen LogP contribution in [0.4, 0.5) is 0 Å². The Labute approximate surface area is 149 Å². The maximum absolute atomic E-state index is 12.2. The van der Waals surface area contributed by atoms with E-state index in [1.807, 2.05) is 0 Å². The van der Waals surface area contributed by atoms with E-state index in [4.69, 9.17) is 4.52 Å². The van der Waals surface area contributed by atoms with E-state index < -0.39 is 0 Å². The molecule has 0 spiro atoms. The van der Waals surface area contributed by atoms with Crippen LogP contribution in [-0.4, -0.2) is 64.6 Å². The van der Waals surface area contributed by atoms with Crippen molar-refractivity contribution in [2.45, 2.75) is 63.6 Å². The van der Waals surface area contributed by atoms with E-state index in [-0.39, 0.29) is 5.91 Å². The van der Waals surface area contributed by atoms with Crippen LogP contribution in [0.15, 0.2) is 4.52 Å². The van der Waals surface area contributed by atoms with E-state index in [0.717, 1.165) is 31.2 Å².